The predicted molar refractivity (Wildman–Crippen MR) is 57.1 cm³/mol. The third-order valence-corrected chi connectivity index (χ3v) is 3.33. The Hall–Kier alpha value is -0.930. The van der Waals surface area contributed by atoms with Gasteiger partial charge in [0, 0.05) is 0 Å². The fourth-order valence-electron chi connectivity index (χ4n) is 1.20. The van der Waals surface area contributed by atoms with Gasteiger partial charge in [0.25, 0.3) is 0 Å². The lowest BCUT2D eigenvalue weighted by Crippen LogP contribution is -2.11. The van der Waals surface area contributed by atoms with E-state index in [0.717, 1.165) is 10.5 Å². The summed E-state index contributed by atoms with van der Waals surface area (Å²) in [7, 11) is 1.96. The van der Waals surface area contributed by atoms with E-state index in [9.17, 15) is 0 Å². The highest BCUT2D eigenvalue weighted by atomic mass is 32.1. The Labute approximate surface area is 81.6 Å². The van der Waals surface area contributed by atoms with Crippen molar-refractivity contribution in [1.82, 2.24) is 10.3 Å². The molecular weight excluding hydrogens is 180 g/mol. The van der Waals surface area contributed by atoms with Gasteiger partial charge in [-0.15, -0.1) is 11.3 Å². The molecule has 1 N–H and O–H groups in total. The summed E-state index contributed by atoms with van der Waals surface area (Å²) < 4.78 is 1.26. The van der Waals surface area contributed by atoms with Gasteiger partial charge in [-0.1, -0.05) is 12.1 Å². The van der Waals surface area contributed by atoms with Crippen molar-refractivity contribution in [3.8, 4) is 0 Å². The number of benzene rings is 1. The minimum atomic E-state index is 0.345. The highest BCUT2D eigenvalue weighted by Gasteiger charge is 2.08. The van der Waals surface area contributed by atoms with Gasteiger partial charge in [0.2, 0.25) is 0 Å². The number of thiazole rings is 1. The molecule has 0 saturated heterocycles. The SMILES string of the molecule is CN[C@@H](C)c1nc2ccccc2s1. The van der Waals surface area contributed by atoms with Crippen LogP contribution in [-0.2, 0) is 0 Å². The van der Waals surface area contributed by atoms with Crippen LogP contribution in [0.5, 0.6) is 0 Å². The predicted octanol–water partition coefficient (Wildman–Crippen LogP) is 2.58. The molecule has 2 aromatic rings. The third kappa shape index (κ3) is 1.57. The molecule has 1 aromatic heterocycles. The molecule has 1 heterocycles. The molecule has 0 fully saturated rings. The Bertz CT molecular complexity index is 375. The monoisotopic (exact) mass is 192 g/mol. The van der Waals surface area contributed by atoms with Crippen molar-refractivity contribution < 1.29 is 0 Å². The van der Waals surface area contributed by atoms with E-state index in [4.69, 9.17) is 0 Å². The third-order valence-electron chi connectivity index (χ3n) is 2.11. The van der Waals surface area contributed by atoms with Gasteiger partial charge in [-0.3, -0.25) is 0 Å². The molecule has 0 aliphatic rings. The Kier molecular flexibility index (Phi) is 2.29. The molecule has 0 bridgehead atoms. The molecule has 0 aliphatic carbocycles. The first-order chi connectivity index (χ1) is 6.31. The van der Waals surface area contributed by atoms with E-state index in [2.05, 4.69) is 29.4 Å². The molecule has 2 rings (SSSR count). The van der Waals surface area contributed by atoms with Gasteiger partial charge in [0.15, 0.2) is 0 Å². The van der Waals surface area contributed by atoms with Crippen LogP contribution in [0.2, 0.25) is 0 Å². The van der Waals surface area contributed by atoms with Gasteiger partial charge < -0.3 is 5.32 Å². The summed E-state index contributed by atoms with van der Waals surface area (Å²) >= 11 is 1.76. The lowest BCUT2D eigenvalue weighted by atomic mass is 10.3. The second-order valence-electron chi connectivity index (χ2n) is 3.03. The van der Waals surface area contributed by atoms with Gasteiger partial charge in [-0.25, -0.2) is 4.98 Å². The van der Waals surface area contributed by atoms with Gasteiger partial charge in [0.1, 0.15) is 5.01 Å². The number of rotatable bonds is 2. The number of hydrogen-bond acceptors (Lipinski definition) is 3. The van der Waals surface area contributed by atoms with E-state index in [1.807, 2.05) is 19.2 Å². The minimum Gasteiger partial charge on any atom is -0.311 e. The zero-order chi connectivity index (χ0) is 9.26. The Morgan fingerprint density at radius 3 is 2.85 bits per heavy atom. The maximum atomic E-state index is 4.54. The topological polar surface area (TPSA) is 24.9 Å². The standard InChI is InChI=1S/C10H12N2S/c1-7(11-2)10-12-8-5-3-4-6-9(8)13-10/h3-7,11H,1-2H3/t7-/m0/s1. The number of fused-ring (bicyclic) bond motifs is 1. The van der Waals surface area contributed by atoms with Gasteiger partial charge in [-0.05, 0) is 26.1 Å². The summed E-state index contributed by atoms with van der Waals surface area (Å²) in [6.07, 6.45) is 0. The fraction of sp³-hybridized carbons (Fsp3) is 0.300. The van der Waals surface area contributed by atoms with Crippen LogP contribution in [0, 0.1) is 0 Å². The maximum Gasteiger partial charge on any atom is 0.111 e. The van der Waals surface area contributed by atoms with Crippen LogP contribution in [0.15, 0.2) is 24.3 Å². The molecule has 1 aromatic carbocycles. The van der Waals surface area contributed by atoms with E-state index in [0.29, 0.717) is 6.04 Å². The van der Waals surface area contributed by atoms with E-state index >= 15 is 0 Å². The summed E-state index contributed by atoms with van der Waals surface area (Å²) in [5.41, 5.74) is 1.10. The van der Waals surface area contributed by atoms with Crippen molar-refractivity contribution in [3.63, 3.8) is 0 Å². The van der Waals surface area contributed by atoms with Gasteiger partial charge in [0.05, 0.1) is 16.3 Å². The molecule has 0 aliphatic heterocycles. The van der Waals surface area contributed by atoms with Crippen LogP contribution in [0.4, 0.5) is 0 Å². The quantitative estimate of drug-likeness (QED) is 0.791. The van der Waals surface area contributed by atoms with E-state index < -0.39 is 0 Å². The summed E-state index contributed by atoms with van der Waals surface area (Å²) in [5, 5.41) is 4.35. The van der Waals surface area contributed by atoms with Crippen LogP contribution < -0.4 is 5.32 Å². The fourth-order valence-corrected chi connectivity index (χ4v) is 2.23. The average molecular weight is 192 g/mol. The maximum absolute atomic E-state index is 4.54. The van der Waals surface area contributed by atoms with Crippen molar-refractivity contribution in [2.75, 3.05) is 7.05 Å². The van der Waals surface area contributed by atoms with Crippen molar-refractivity contribution in [2.45, 2.75) is 13.0 Å². The minimum absolute atomic E-state index is 0.345. The number of hydrogen-bond donors (Lipinski definition) is 1. The van der Waals surface area contributed by atoms with Crippen molar-refractivity contribution in [3.05, 3.63) is 29.3 Å². The highest BCUT2D eigenvalue weighted by molar-refractivity contribution is 7.18. The van der Waals surface area contributed by atoms with E-state index in [1.165, 1.54) is 4.70 Å². The summed E-state index contributed by atoms with van der Waals surface area (Å²) in [6, 6.07) is 8.58. The molecule has 68 valence electrons. The van der Waals surface area contributed by atoms with Crippen LogP contribution >= 0.6 is 11.3 Å². The first-order valence-electron chi connectivity index (χ1n) is 4.34. The summed E-state index contributed by atoms with van der Waals surface area (Å²) in [6.45, 7) is 2.12. The van der Waals surface area contributed by atoms with Gasteiger partial charge in [-0.2, -0.15) is 0 Å². The van der Waals surface area contributed by atoms with Gasteiger partial charge >= 0.3 is 0 Å². The zero-order valence-electron chi connectivity index (χ0n) is 7.74. The molecule has 13 heavy (non-hydrogen) atoms. The van der Waals surface area contributed by atoms with Crippen LogP contribution in [0.1, 0.15) is 18.0 Å². The van der Waals surface area contributed by atoms with Crippen LogP contribution in [-0.4, -0.2) is 12.0 Å². The lowest BCUT2D eigenvalue weighted by molar-refractivity contribution is 0.649. The number of nitrogens with one attached hydrogen (secondary N) is 1. The molecule has 2 nitrogen and oxygen atoms in total. The van der Waals surface area contributed by atoms with Crippen molar-refractivity contribution >= 4 is 21.6 Å². The first kappa shape index (κ1) is 8.66. The molecule has 0 unspecified atom stereocenters. The second-order valence-corrected chi connectivity index (χ2v) is 4.09. The highest BCUT2D eigenvalue weighted by Crippen LogP contribution is 2.25. The van der Waals surface area contributed by atoms with Crippen molar-refractivity contribution in [1.29, 1.82) is 0 Å². The normalized spacial score (nSPS) is 13.4. The largest absolute Gasteiger partial charge is 0.311 e. The Balaban J connectivity index is 2.49. The van der Waals surface area contributed by atoms with Crippen LogP contribution in [0.25, 0.3) is 10.2 Å². The molecule has 3 heteroatoms. The average Bonchev–Trinajstić information content (AvgIpc) is 2.59. The number of aromatic nitrogens is 1. The second kappa shape index (κ2) is 3.44. The summed E-state index contributed by atoms with van der Waals surface area (Å²) in [4.78, 5) is 4.54. The smallest absolute Gasteiger partial charge is 0.111 e. The number of nitrogens with zero attached hydrogens (tertiary/aromatic N) is 1. The molecular formula is C10H12N2S. The summed E-state index contributed by atoms with van der Waals surface area (Å²) in [5.74, 6) is 0. The molecule has 0 radical (unpaired) electrons. The molecule has 0 spiro atoms. The lowest BCUT2D eigenvalue weighted by Gasteiger charge is -2.03. The Morgan fingerprint density at radius 2 is 2.15 bits per heavy atom. The number of para-hydroxylation sites is 1. The molecule has 1 atom stereocenters. The molecule has 0 saturated carbocycles. The zero-order valence-corrected chi connectivity index (χ0v) is 8.56. The van der Waals surface area contributed by atoms with E-state index in [1.54, 1.807) is 11.3 Å². The van der Waals surface area contributed by atoms with E-state index in [-0.39, 0.29) is 0 Å². The Morgan fingerprint density at radius 1 is 1.38 bits per heavy atom. The molecule has 0 amide bonds. The van der Waals surface area contributed by atoms with Crippen molar-refractivity contribution in [2.24, 2.45) is 0 Å². The first-order valence-corrected chi connectivity index (χ1v) is 5.15. The van der Waals surface area contributed by atoms with Crippen LogP contribution in [0.3, 0.4) is 0 Å².